The van der Waals surface area contributed by atoms with Gasteiger partial charge >= 0.3 is 0 Å². The molecule has 1 heterocycles. The highest BCUT2D eigenvalue weighted by atomic mass is 19.1. The molecule has 3 rings (SSSR count). The lowest BCUT2D eigenvalue weighted by atomic mass is 10.00. The van der Waals surface area contributed by atoms with Crippen LogP contribution in [0.3, 0.4) is 0 Å². The van der Waals surface area contributed by atoms with Crippen molar-refractivity contribution in [3.63, 3.8) is 0 Å². The fourth-order valence-corrected chi connectivity index (χ4v) is 2.28. The molecule has 1 aromatic heterocycles. The Morgan fingerprint density at radius 1 is 1.14 bits per heavy atom. The van der Waals surface area contributed by atoms with E-state index in [4.69, 9.17) is 10.5 Å². The molecule has 5 heteroatoms. The van der Waals surface area contributed by atoms with Crippen LogP contribution < -0.4 is 10.5 Å². The molecule has 4 nitrogen and oxygen atoms in total. The smallest absolute Gasteiger partial charge is 0.123 e. The van der Waals surface area contributed by atoms with Gasteiger partial charge in [-0.2, -0.15) is 10.2 Å². The molecule has 2 aromatic carbocycles. The zero-order chi connectivity index (χ0) is 14.8. The molecule has 0 fully saturated rings. The van der Waals surface area contributed by atoms with E-state index in [-0.39, 0.29) is 5.82 Å². The molecule has 2 N–H and O–H groups in total. The molecule has 106 valence electrons. The normalized spacial score (nSPS) is 12.3. The van der Waals surface area contributed by atoms with Gasteiger partial charge in [0.15, 0.2) is 0 Å². The second kappa shape index (κ2) is 5.46. The van der Waals surface area contributed by atoms with Crippen molar-refractivity contribution < 1.29 is 9.13 Å². The van der Waals surface area contributed by atoms with E-state index in [1.807, 2.05) is 24.3 Å². The molecule has 0 aliphatic carbocycles. The first-order valence-electron chi connectivity index (χ1n) is 6.49. The number of methoxy groups -OCH3 is 1. The van der Waals surface area contributed by atoms with Gasteiger partial charge in [-0.15, -0.1) is 0 Å². The molecule has 1 unspecified atom stereocenters. The Morgan fingerprint density at radius 2 is 1.90 bits per heavy atom. The number of halogens is 1. The van der Waals surface area contributed by atoms with Gasteiger partial charge in [0, 0.05) is 10.8 Å². The van der Waals surface area contributed by atoms with Crippen LogP contribution in [0, 0.1) is 5.82 Å². The Balaban J connectivity index is 2.06. The molecule has 0 spiro atoms. The van der Waals surface area contributed by atoms with Crippen LogP contribution in [0.15, 0.2) is 48.7 Å². The molecule has 0 bridgehead atoms. The quantitative estimate of drug-likeness (QED) is 0.803. The van der Waals surface area contributed by atoms with Crippen LogP contribution in [0.1, 0.15) is 17.3 Å². The minimum absolute atomic E-state index is 0.306. The van der Waals surface area contributed by atoms with E-state index >= 15 is 0 Å². The second-order valence-electron chi connectivity index (χ2n) is 4.71. The molecule has 21 heavy (non-hydrogen) atoms. The minimum Gasteiger partial charge on any atom is -0.497 e. The number of hydrogen-bond acceptors (Lipinski definition) is 4. The van der Waals surface area contributed by atoms with Gasteiger partial charge in [-0.05, 0) is 35.9 Å². The van der Waals surface area contributed by atoms with Crippen molar-refractivity contribution >= 4 is 10.8 Å². The number of fused-ring (bicyclic) bond motifs is 1. The first kappa shape index (κ1) is 13.5. The van der Waals surface area contributed by atoms with E-state index in [9.17, 15) is 4.39 Å². The SMILES string of the molecule is COc1ccc(C(N)c2nncc3cc(F)ccc23)cc1. The topological polar surface area (TPSA) is 61.0 Å². The summed E-state index contributed by atoms with van der Waals surface area (Å²) in [6.45, 7) is 0. The molecular weight excluding hydrogens is 269 g/mol. The largest absolute Gasteiger partial charge is 0.497 e. The summed E-state index contributed by atoms with van der Waals surface area (Å²) < 4.78 is 18.4. The highest BCUT2D eigenvalue weighted by Crippen LogP contribution is 2.26. The molecule has 3 aromatic rings. The number of hydrogen-bond donors (Lipinski definition) is 1. The van der Waals surface area contributed by atoms with Gasteiger partial charge in [0.2, 0.25) is 0 Å². The maximum Gasteiger partial charge on any atom is 0.123 e. The van der Waals surface area contributed by atoms with Crippen molar-refractivity contribution in [3.05, 3.63) is 65.7 Å². The number of nitrogens with two attached hydrogens (primary N) is 1. The van der Waals surface area contributed by atoms with Gasteiger partial charge < -0.3 is 10.5 Å². The van der Waals surface area contributed by atoms with Crippen LogP contribution in [0.5, 0.6) is 5.75 Å². The van der Waals surface area contributed by atoms with Crippen molar-refractivity contribution in [2.45, 2.75) is 6.04 Å². The Bertz CT molecular complexity index is 774. The summed E-state index contributed by atoms with van der Waals surface area (Å²) in [5, 5.41) is 9.52. The zero-order valence-corrected chi connectivity index (χ0v) is 11.5. The Kier molecular flexibility index (Phi) is 3.50. The van der Waals surface area contributed by atoms with Gasteiger partial charge in [-0.3, -0.25) is 0 Å². The molecule has 0 aliphatic heterocycles. The Labute approximate surface area is 121 Å². The van der Waals surface area contributed by atoms with Gasteiger partial charge in [0.1, 0.15) is 11.6 Å². The molecule has 1 atom stereocenters. The first-order chi connectivity index (χ1) is 10.2. The maximum absolute atomic E-state index is 13.3. The van der Waals surface area contributed by atoms with Gasteiger partial charge in [-0.25, -0.2) is 4.39 Å². The lowest BCUT2D eigenvalue weighted by Crippen LogP contribution is -2.14. The summed E-state index contributed by atoms with van der Waals surface area (Å²) in [6.07, 6.45) is 1.53. The third-order valence-corrected chi connectivity index (χ3v) is 3.42. The van der Waals surface area contributed by atoms with E-state index in [1.165, 1.54) is 18.3 Å². The third-order valence-electron chi connectivity index (χ3n) is 3.42. The van der Waals surface area contributed by atoms with E-state index < -0.39 is 6.04 Å². The van der Waals surface area contributed by atoms with E-state index in [0.717, 1.165) is 16.7 Å². The summed E-state index contributed by atoms with van der Waals surface area (Å²) in [5.41, 5.74) is 7.79. The number of aromatic nitrogens is 2. The molecule has 0 saturated heterocycles. The highest BCUT2D eigenvalue weighted by Gasteiger charge is 2.15. The summed E-state index contributed by atoms with van der Waals surface area (Å²) >= 11 is 0. The van der Waals surface area contributed by atoms with Crippen molar-refractivity contribution in [2.75, 3.05) is 7.11 Å². The molecular formula is C16H14FN3O. The lowest BCUT2D eigenvalue weighted by Gasteiger charge is -2.13. The average Bonchev–Trinajstić information content (AvgIpc) is 2.53. The lowest BCUT2D eigenvalue weighted by molar-refractivity contribution is 0.414. The number of ether oxygens (including phenoxy) is 1. The minimum atomic E-state index is -0.433. The third kappa shape index (κ3) is 2.55. The van der Waals surface area contributed by atoms with Crippen molar-refractivity contribution in [1.29, 1.82) is 0 Å². The van der Waals surface area contributed by atoms with Crippen molar-refractivity contribution in [1.82, 2.24) is 10.2 Å². The van der Waals surface area contributed by atoms with Gasteiger partial charge in [0.25, 0.3) is 0 Å². The second-order valence-corrected chi connectivity index (χ2v) is 4.71. The van der Waals surface area contributed by atoms with Crippen LogP contribution in [-0.4, -0.2) is 17.3 Å². The van der Waals surface area contributed by atoms with Crippen LogP contribution in [0.25, 0.3) is 10.8 Å². The molecule has 0 aliphatic rings. The molecule has 0 amide bonds. The highest BCUT2D eigenvalue weighted by molar-refractivity contribution is 5.84. The number of rotatable bonds is 3. The Hall–Kier alpha value is -2.53. The van der Waals surface area contributed by atoms with Crippen molar-refractivity contribution in [3.8, 4) is 5.75 Å². The standard InChI is InChI=1S/C16H14FN3O/c1-21-13-5-2-10(3-6-13)15(18)16-14-7-4-12(17)8-11(14)9-19-20-16/h2-9,15H,18H2,1H3. The number of nitrogens with zero attached hydrogens (tertiary/aromatic N) is 2. The maximum atomic E-state index is 13.3. The average molecular weight is 283 g/mol. The van der Waals surface area contributed by atoms with Crippen LogP contribution >= 0.6 is 0 Å². The fourth-order valence-electron chi connectivity index (χ4n) is 2.28. The van der Waals surface area contributed by atoms with E-state index in [2.05, 4.69) is 10.2 Å². The fraction of sp³-hybridized carbons (Fsp3) is 0.125. The summed E-state index contributed by atoms with van der Waals surface area (Å²) in [6, 6.07) is 11.5. The van der Waals surface area contributed by atoms with Crippen molar-refractivity contribution in [2.24, 2.45) is 5.73 Å². The Morgan fingerprint density at radius 3 is 2.62 bits per heavy atom. The molecule has 0 saturated carbocycles. The summed E-state index contributed by atoms with van der Waals surface area (Å²) in [4.78, 5) is 0. The summed E-state index contributed by atoms with van der Waals surface area (Å²) in [5.74, 6) is 0.455. The van der Waals surface area contributed by atoms with Gasteiger partial charge in [-0.1, -0.05) is 12.1 Å². The predicted molar refractivity (Wildman–Crippen MR) is 78.5 cm³/mol. The van der Waals surface area contributed by atoms with Crippen LogP contribution in [0.2, 0.25) is 0 Å². The molecule has 0 radical (unpaired) electrons. The van der Waals surface area contributed by atoms with E-state index in [0.29, 0.717) is 11.1 Å². The summed E-state index contributed by atoms with van der Waals surface area (Å²) in [7, 11) is 1.61. The predicted octanol–water partition coefficient (Wildman–Crippen LogP) is 2.83. The first-order valence-corrected chi connectivity index (χ1v) is 6.49. The van der Waals surface area contributed by atoms with E-state index in [1.54, 1.807) is 13.2 Å². The van der Waals surface area contributed by atoms with Crippen LogP contribution in [0.4, 0.5) is 4.39 Å². The number of benzene rings is 2. The van der Waals surface area contributed by atoms with Crippen LogP contribution in [-0.2, 0) is 0 Å². The zero-order valence-electron chi connectivity index (χ0n) is 11.5. The monoisotopic (exact) mass is 283 g/mol. The van der Waals surface area contributed by atoms with Gasteiger partial charge in [0.05, 0.1) is 25.0 Å².